The topological polar surface area (TPSA) is 94.8 Å². The van der Waals surface area contributed by atoms with Gasteiger partial charge in [-0.15, -0.1) is 11.3 Å². The summed E-state index contributed by atoms with van der Waals surface area (Å²) in [5.41, 5.74) is 2.14. The Kier molecular flexibility index (Phi) is 7.20. The van der Waals surface area contributed by atoms with E-state index in [1.807, 2.05) is 16.3 Å². The number of carbonyl (C=O) groups is 1. The van der Waals surface area contributed by atoms with Gasteiger partial charge in [-0.05, 0) is 31.0 Å². The molecule has 0 spiro atoms. The summed E-state index contributed by atoms with van der Waals surface area (Å²) in [5.74, 6) is 0.0721. The number of anilines is 1. The first-order valence-corrected chi connectivity index (χ1v) is 11.8. The molecular weight excluding hydrogens is 467 g/mol. The molecule has 1 amide bonds. The molecule has 0 saturated carbocycles. The number of carbonyl (C=O) groups excluding carboxylic acids is 1. The van der Waals surface area contributed by atoms with Crippen LogP contribution in [0.4, 0.5) is 5.95 Å². The lowest BCUT2D eigenvalue weighted by atomic mass is 10.1. The van der Waals surface area contributed by atoms with Crippen LogP contribution in [0.2, 0.25) is 10.0 Å². The third-order valence-electron chi connectivity index (χ3n) is 5.15. The number of nitriles is 1. The Bertz CT molecular complexity index is 1160. The molecule has 1 atom stereocenters. The SMILES string of the molecule is N#CC(c1ccnc(NCCCN2CCCC2=O)n1)c1nc(-c2ccc(Cl)c(Cl)c2)cs1. The second-order valence-electron chi connectivity index (χ2n) is 7.33. The molecule has 0 aliphatic carbocycles. The molecule has 1 N–H and O–H groups in total. The van der Waals surface area contributed by atoms with Crippen molar-refractivity contribution in [3.8, 4) is 17.3 Å². The summed E-state index contributed by atoms with van der Waals surface area (Å²) >= 11 is 13.5. The second-order valence-corrected chi connectivity index (χ2v) is 9.04. The first kappa shape index (κ1) is 22.5. The zero-order valence-electron chi connectivity index (χ0n) is 17.1. The third-order valence-corrected chi connectivity index (χ3v) is 6.79. The van der Waals surface area contributed by atoms with Gasteiger partial charge < -0.3 is 10.2 Å². The van der Waals surface area contributed by atoms with E-state index < -0.39 is 5.92 Å². The van der Waals surface area contributed by atoms with Gasteiger partial charge in [-0.2, -0.15) is 5.26 Å². The lowest BCUT2D eigenvalue weighted by Gasteiger charge is -2.15. The van der Waals surface area contributed by atoms with Crippen molar-refractivity contribution in [3.05, 3.63) is 56.6 Å². The maximum Gasteiger partial charge on any atom is 0.222 e. The van der Waals surface area contributed by atoms with Crippen LogP contribution in [0.3, 0.4) is 0 Å². The monoisotopic (exact) mass is 486 g/mol. The molecule has 32 heavy (non-hydrogen) atoms. The van der Waals surface area contributed by atoms with Crippen molar-refractivity contribution >= 4 is 46.4 Å². The normalized spacial score (nSPS) is 14.4. The summed E-state index contributed by atoms with van der Waals surface area (Å²) in [5, 5.41) is 16.5. The molecule has 164 valence electrons. The molecule has 10 heteroatoms. The molecule has 7 nitrogen and oxygen atoms in total. The molecule has 1 aliphatic heterocycles. The summed E-state index contributed by atoms with van der Waals surface area (Å²) in [6.07, 6.45) is 4.03. The number of rotatable bonds is 8. The first-order chi connectivity index (χ1) is 15.5. The maximum atomic E-state index is 11.7. The van der Waals surface area contributed by atoms with Gasteiger partial charge in [-0.25, -0.2) is 15.0 Å². The average molecular weight is 487 g/mol. The molecule has 1 saturated heterocycles. The lowest BCUT2D eigenvalue weighted by Crippen LogP contribution is -2.27. The van der Waals surface area contributed by atoms with Gasteiger partial charge in [0.1, 0.15) is 10.9 Å². The van der Waals surface area contributed by atoms with Crippen molar-refractivity contribution in [2.75, 3.05) is 25.0 Å². The van der Waals surface area contributed by atoms with Crippen molar-refractivity contribution in [3.63, 3.8) is 0 Å². The molecule has 1 fully saturated rings. The van der Waals surface area contributed by atoms with Crippen LogP contribution in [0.5, 0.6) is 0 Å². The molecular formula is C22H20Cl2N6OS. The van der Waals surface area contributed by atoms with E-state index in [0.29, 0.717) is 39.7 Å². The Balaban J connectivity index is 1.42. The molecule has 0 radical (unpaired) electrons. The summed E-state index contributed by atoms with van der Waals surface area (Å²) in [6.45, 7) is 2.21. The number of likely N-dealkylation sites (tertiary alicyclic amines) is 1. The van der Waals surface area contributed by atoms with Crippen molar-refractivity contribution in [1.29, 1.82) is 5.26 Å². The van der Waals surface area contributed by atoms with E-state index >= 15 is 0 Å². The summed E-state index contributed by atoms with van der Waals surface area (Å²) in [4.78, 5) is 27.0. The highest BCUT2D eigenvalue weighted by atomic mass is 35.5. The number of benzene rings is 1. The predicted molar refractivity (Wildman–Crippen MR) is 126 cm³/mol. The Morgan fingerprint density at radius 1 is 1.25 bits per heavy atom. The van der Waals surface area contributed by atoms with Gasteiger partial charge in [-0.3, -0.25) is 4.79 Å². The van der Waals surface area contributed by atoms with Gasteiger partial charge in [0.25, 0.3) is 0 Å². The zero-order chi connectivity index (χ0) is 22.5. The highest BCUT2D eigenvalue weighted by Gasteiger charge is 2.21. The largest absolute Gasteiger partial charge is 0.354 e. The van der Waals surface area contributed by atoms with E-state index in [1.54, 1.807) is 24.4 Å². The van der Waals surface area contributed by atoms with E-state index in [9.17, 15) is 10.1 Å². The Hall–Kier alpha value is -2.73. The number of nitrogens with zero attached hydrogens (tertiary/aromatic N) is 5. The van der Waals surface area contributed by atoms with Crippen LogP contribution in [0.1, 0.15) is 35.9 Å². The standard InChI is InChI=1S/C22H20Cl2N6OS/c23-16-5-4-14(11-17(16)24)19-13-32-21(28-19)15(12-25)18-6-8-27-22(29-18)26-7-2-10-30-9-1-3-20(30)31/h4-6,8,11,13,15H,1-3,7,9-10H2,(H,26,27,29). The molecule has 3 aromatic rings. The van der Waals surface area contributed by atoms with Crippen molar-refractivity contribution in [2.45, 2.75) is 25.2 Å². The van der Waals surface area contributed by atoms with Crippen LogP contribution in [0, 0.1) is 11.3 Å². The van der Waals surface area contributed by atoms with Gasteiger partial charge in [-0.1, -0.05) is 29.3 Å². The van der Waals surface area contributed by atoms with E-state index in [0.717, 1.165) is 37.2 Å². The Morgan fingerprint density at radius 2 is 2.12 bits per heavy atom. The molecule has 1 aliphatic rings. The average Bonchev–Trinajstić information content (AvgIpc) is 3.44. The number of halogens is 2. The molecule has 2 aromatic heterocycles. The number of aromatic nitrogens is 3. The minimum atomic E-state index is -0.609. The molecule has 1 unspecified atom stereocenters. The van der Waals surface area contributed by atoms with Crippen LogP contribution < -0.4 is 5.32 Å². The van der Waals surface area contributed by atoms with E-state index in [-0.39, 0.29) is 5.91 Å². The molecule has 3 heterocycles. The van der Waals surface area contributed by atoms with Crippen LogP contribution in [-0.4, -0.2) is 45.4 Å². The van der Waals surface area contributed by atoms with Crippen molar-refractivity contribution < 1.29 is 4.79 Å². The van der Waals surface area contributed by atoms with Crippen LogP contribution in [0.25, 0.3) is 11.3 Å². The van der Waals surface area contributed by atoms with E-state index in [4.69, 9.17) is 23.2 Å². The fraction of sp³-hybridized carbons (Fsp3) is 0.318. The van der Waals surface area contributed by atoms with Crippen LogP contribution in [-0.2, 0) is 4.79 Å². The predicted octanol–water partition coefficient (Wildman–Crippen LogP) is 4.99. The van der Waals surface area contributed by atoms with Crippen LogP contribution in [0.15, 0.2) is 35.8 Å². The summed E-state index contributed by atoms with van der Waals surface area (Å²) in [6, 6.07) is 9.34. The Morgan fingerprint density at radius 3 is 2.88 bits per heavy atom. The minimum Gasteiger partial charge on any atom is -0.354 e. The van der Waals surface area contributed by atoms with Gasteiger partial charge in [0.15, 0.2) is 0 Å². The summed E-state index contributed by atoms with van der Waals surface area (Å²) < 4.78 is 0. The van der Waals surface area contributed by atoms with Crippen molar-refractivity contribution in [1.82, 2.24) is 19.9 Å². The summed E-state index contributed by atoms with van der Waals surface area (Å²) in [7, 11) is 0. The number of hydrogen-bond acceptors (Lipinski definition) is 7. The minimum absolute atomic E-state index is 0.226. The molecule has 0 bridgehead atoms. The number of hydrogen-bond donors (Lipinski definition) is 1. The maximum absolute atomic E-state index is 11.7. The Labute approximate surface area is 200 Å². The van der Waals surface area contributed by atoms with Gasteiger partial charge in [0.05, 0.1) is 27.5 Å². The molecule has 4 rings (SSSR count). The number of thiazole rings is 1. The fourth-order valence-corrected chi connectivity index (χ4v) is 4.67. The molecule has 1 aromatic carbocycles. The van der Waals surface area contributed by atoms with Gasteiger partial charge in [0.2, 0.25) is 11.9 Å². The highest BCUT2D eigenvalue weighted by molar-refractivity contribution is 7.10. The second kappa shape index (κ2) is 10.3. The quantitative estimate of drug-likeness (QED) is 0.450. The number of amides is 1. The first-order valence-electron chi connectivity index (χ1n) is 10.2. The van der Waals surface area contributed by atoms with Crippen molar-refractivity contribution in [2.24, 2.45) is 0 Å². The highest BCUT2D eigenvalue weighted by Crippen LogP contribution is 2.32. The van der Waals surface area contributed by atoms with E-state index in [1.165, 1.54) is 11.3 Å². The van der Waals surface area contributed by atoms with Crippen LogP contribution >= 0.6 is 34.5 Å². The third kappa shape index (κ3) is 5.18. The van der Waals surface area contributed by atoms with Gasteiger partial charge in [0, 0.05) is 43.2 Å². The van der Waals surface area contributed by atoms with E-state index in [2.05, 4.69) is 26.3 Å². The fourth-order valence-electron chi connectivity index (χ4n) is 3.49. The van der Waals surface area contributed by atoms with Gasteiger partial charge >= 0.3 is 0 Å². The zero-order valence-corrected chi connectivity index (χ0v) is 19.4. The lowest BCUT2D eigenvalue weighted by molar-refractivity contribution is -0.127. The smallest absolute Gasteiger partial charge is 0.222 e. The number of nitrogens with one attached hydrogen (secondary N) is 1.